The van der Waals surface area contributed by atoms with Gasteiger partial charge in [-0.1, -0.05) is 13.8 Å². The smallest absolute Gasteiger partial charge is 0.208 e. The Balaban J connectivity index is 2.10. The molecular weight excluding hydrogens is 236 g/mol. The fourth-order valence-corrected chi connectivity index (χ4v) is 2.92. The summed E-state index contributed by atoms with van der Waals surface area (Å²) >= 11 is 0. The van der Waals surface area contributed by atoms with Crippen LogP contribution in [-0.4, -0.2) is 45.8 Å². The van der Waals surface area contributed by atoms with E-state index in [1.807, 2.05) is 0 Å². The molecule has 1 rings (SSSR count). The topological polar surface area (TPSA) is 49.4 Å². The SMILES string of the molecule is CC(C)C1CCN(CCCNS(C)(=O)=O)CC1. The maximum atomic E-state index is 10.9. The molecule has 17 heavy (non-hydrogen) atoms. The zero-order valence-corrected chi connectivity index (χ0v) is 12.1. The van der Waals surface area contributed by atoms with E-state index in [1.165, 1.54) is 32.2 Å². The van der Waals surface area contributed by atoms with E-state index in [0.717, 1.165) is 24.8 Å². The minimum Gasteiger partial charge on any atom is -0.303 e. The van der Waals surface area contributed by atoms with Crippen molar-refractivity contribution in [3.63, 3.8) is 0 Å². The van der Waals surface area contributed by atoms with Gasteiger partial charge in [0.05, 0.1) is 6.26 Å². The Bertz CT molecular complexity index is 306. The van der Waals surface area contributed by atoms with E-state index in [0.29, 0.717) is 6.54 Å². The number of rotatable bonds is 6. The Morgan fingerprint density at radius 1 is 1.29 bits per heavy atom. The normalized spacial score (nSPS) is 20.0. The summed E-state index contributed by atoms with van der Waals surface area (Å²) in [4.78, 5) is 2.45. The number of hydrogen-bond acceptors (Lipinski definition) is 3. The molecule has 1 aliphatic heterocycles. The summed E-state index contributed by atoms with van der Waals surface area (Å²) in [5, 5.41) is 0. The summed E-state index contributed by atoms with van der Waals surface area (Å²) in [6.45, 7) is 8.51. The highest BCUT2D eigenvalue weighted by Gasteiger charge is 2.20. The van der Waals surface area contributed by atoms with Gasteiger partial charge in [-0.15, -0.1) is 0 Å². The van der Waals surface area contributed by atoms with Crippen LogP contribution in [0.4, 0.5) is 0 Å². The predicted octanol–water partition coefficient (Wildman–Crippen LogP) is 1.29. The molecule has 0 bridgehead atoms. The first-order valence-corrected chi connectivity index (χ1v) is 8.44. The summed E-state index contributed by atoms with van der Waals surface area (Å²) in [5.74, 6) is 1.67. The van der Waals surface area contributed by atoms with Crippen molar-refractivity contribution in [3.05, 3.63) is 0 Å². The fraction of sp³-hybridized carbons (Fsp3) is 1.00. The highest BCUT2D eigenvalue weighted by molar-refractivity contribution is 7.88. The van der Waals surface area contributed by atoms with Gasteiger partial charge in [-0.2, -0.15) is 0 Å². The Morgan fingerprint density at radius 3 is 2.35 bits per heavy atom. The van der Waals surface area contributed by atoms with Gasteiger partial charge >= 0.3 is 0 Å². The number of sulfonamides is 1. The largest absolute Gasteiger partial charge is 0.303 e. The molecule has 0 aliphatic carbocycles. The molecule has 0 aromatic carbocycles. The van der Waals surface area contributed by atoms with Crippen LogP contribution in [0.15, 0.2) is 0 Å². The van der Waals surface area contributed by atoms with Crippen molar-refractivity contribution in [1.29, 1.82) is 0 Å². The molecule has 1 aliphatic rings. The van der Waals surface area contributed by atoms with Crippen LogP contribution in [0.1, 0.15) is 33.1 Å². The van der Waals surface area contributed by atoms with Crippen LogP contribution in [0.25, 0.3) is 0 Å². The Hall–Kier alpha value is -0.130. The molecule has 0 saturated carbocycles. The zero-order chi connectivity index (χ0) is 12.9. The van der Waals surface area contributed by atoms with Crippen molar-refractivity contribution < 1.29 is 8.42 Å². The number of hydrogen-bond donors (Lipinski definition) is 1. The molecule has 0 aromatic heterocycles. The number of likely N-dealkylation sites (tertiary alicyclic amines) is 1. The molecule has 0 spiro atoms. The second-order valence-electron chi connectivity index (χ2n) is 5.44. The van der Waals surface area contributed by atoms with E-state index >= 15 is 0 Å². The van der Waals surface area contributed by atoms with Crippen molar-refractivity contribution >= 4 is 10.0 Å². The zero-order valence-electron chi connectivity index (χ0n) is 11.3. The Labute approximate surface area is 106 Å². The van der Waals surface area contributed by atoms with Gasteiger partial charge in [-0.3, -0.25) is 0 Å². The first-order valence-electron chi connectivity index (χ1n) is 6.55. The van der Waals surface area contributed by atoms with Crippen LogP contribution in [0.3, 0.4) is 0 Å². The van der Waals surface area contributed by atoms with Gasteiger partial charge in [-0.05, 0) is 50.7 Å². The molecule has 1 heterocycles. The highest BCUT2D eigenvalue weighted by atomic mass is 32.2. The van der Waals surface area contributed by atoms with Gasteiger partial charge in [0.15, 0.2) is 0 Å². The van der Waals surface area contributed by atoms with E-state index in [1.54, 1.807) is 0 Å². The third-order valence-corrected chi connectivity index (χ3v) is 4.32. The van der Waals surface area contributed by atoms with Crippen molar-refractivity contribution in [3.8, 4) is 0 Å². The maximum absolute atomic E-state index is 10.9. The molecule has 5 heteroatoms. The predicted molar refractivity (Wildman–Crippen MR) is 71.5 cm³/mol. The third-order valence-electron chi connectivity index (χ3n) is 3.59. The summed E-state index contributed by atoms with van der Waals surface area (Å²) in [7, 11) is -3.02. The van der Waals surface area contributed by atoms with E-state index in [4.69, 9.17) is 0 Å². The minimum atomic E-state index is -3.02. The van der Waals surface area contributed by atoms with Crippen LogP contribution in [-0.2, 0) is 10.0 Å². The molecule has 0 aromatic rings. The summed E-state index contributed by atoms with van der Waals surface area (Å²) in [6, 6.07) is 0. The molecule has 4 nitrogen and oxygen atoms in total. The van der Waals surface area contributed by atoms with E-state index < -0.39 is 10.0 Å². The lowest BCUT2D eigenvalue weighted by atomic mass is 9.87. The first-order chi connectivity index (χ1) is 7.88. The molecule has 102 valence electrons. The van der Waals surface area contributed by atoms with Crippen molar-refractivity contribution in [2.75, 3.05) is 32.4 Å². The van der Waals surface area contributed by atoms with Crippen LogP contribution in [0.2, 0.25) is 0 Å². The minimum absolute atomic E-state index is 0.558. The number of piperidine rings is 1. The van der Waals surface area contributed by atoms with Gasteiger partial charge in [0.25, 0.3) is 0 Å². The molecule has 0 atom stereocenters. The molecule has 0 amide bonds. The van der Waals surface area contributed by atoms with Gasteiger partial charge in [0, 0.05) is 6.54 Å². The molecule has 0 unspecified atom stereocenters. The fourth-order valence-electron chi connectivity index (χ4n) is 2.40. The standard InChI is InChI=1S/C12H26N2O2S/c1-11(2)12-5-9-14(10-6-12)8-4-7-13-17(3,15)16/h11-13H,4-10H2,1-3H3. The lowest BCUT2D eigenvalue weighted by molar-refractivity contribution is 0.157. The van der Waals surface area contributed by atoms with Crippen molar-refractivity contribution in [2.24, 2.45) is 11.8 Å². The van der Waals surface area contributed by atoms with Gasteiger partial charge in [0.1, 0.15) is 0 Å². The first kappa shape index (κ1) is 14.9. The van der Waals surface area contributed by atoms with Gasteiger partial charge < -0.3 is 4.90 Å². The molecule has 1 saturated heterocycles. The second-order valence-corrected chi connectivity index (χ2v) is 7.28. The van der Waals surface area contributed by atoms with Crippen LogP contribution in [0, 0.1) is 11.8 Å². The summed E-state index contributed by atoms with van der Waals surface area (Å²) in [6.07, 6.45) is 4.69. The highest BCUT2D eigenvalue weighted by Crippen LogP contribution is 2.24. The average Bonchev–Trinajstić information content (AvgIpc) is 2.24. The summed E-state index contributed by atoms with van der Waals surface area (Å²) in [5.41, 5.74) is 0. The van der Waals surface area contributed by atoms with Crippen LogP contribution in [0.5, 0.6) is 0 Å². The molecule has 1 N–H and O–H groups in total. The summed E-state index contributed by atoms with van der Waals surface area (Å²) < 4.78 is 24.3. The quantitative estimate of drug-likeness (QED) is 0.734. The Morgan fingerprint density at radius 2 is 1.88 bits per heavy atom. The number of nitrogens with one attached hydrogen (secondary N) is 1. The van der Waals surface area contributed by atoms with Crippen LogP contribution >= 0.6 is 0 Å². The Kier molecular flexibility index (Phi) is 5.89. The van der Waals surface area contributed by atoms with Gasteiger partial charge in [0.2, 0.25) is 10.0 Å². The van der Waals surface area contributed by atoms with E-state index in [2.05, 4.69) is 23.5 Å². The van der Waals surface area contributed by atoms with Crippen molar-refractivity contribution in [2.45, 2.75) is 33.1 Å². The van der Waals surface area contributed by atoms with Gasteiger partial charge in [-0.25, -0.2) is 13.1 Å². The number of nitrogens with zero attached hydrogens (tertiary/aromatic N) is 1. The van der Waals surface area contributed by atoms with Crippen LogP contribution < -0.4 is 4.72 Å². The monoisotopic (exact) mass is 262 g/mol. The average molecular weight is 262 g/mol. The lowest BCUT2D eigenvalue weighted by Crippen LogP contribution is -2.37. The molecule has 0 radical (unpaired) electrons. The van der Waals surface area contributed by atoms with Crippen molar-refractivity contribution in [1.82, 2.24) is 9.62 Å². The van der Waals surface area contributed by atoms with E-state index in [9.17, 15) is 8.42 Å². The van der Waals surface area contributed by atoms with E-state index in [-0.39, 0.29) is 0 Å². The molecule has 1 fully saturated rings. The lowest BCUT2D eigenvalue weighted by Gasteiger charge is -2.33. The second kappa shape index (κ2) is 6.71. The third kappa shape index (κ3) is 6.38. The molecular formula is C12H26N2O2S. The maximum Gasteiger partial charge on any atom is 0.208 e.